The first kappa shape index (κ1) is 25.0. The number of rotatable bonds is 7. The lowest BCUT2D eigenvalue weighted by molar-refractivity contribution is -0.149. The van der Waals surface area contributed by atoms with Gasteiger partial charge in [0.1, 0.15) is 0 Å². The molecule has 0 atom stereocenters. The van der Waals surface area contributed by atoms with Crippen LogP contribution in [0, 0.1) is 0 Å². The second-order valence-electron chi connectivity index (χ2n) is 9.82. The molecular formula is C26H34FN7OS. The lowest BCUT2D eigenvalue weighted by atomic mass is 9.90. The van der Waals surface area contributed by atoms with Crippen LogP contribution in [0.5, 0.6) is 0 Å². The van der Waals surface area contributed by atoms with E-state index < -0.39 is 5.67 Å². The molecule has 10 heteroatoms. The van der Waals surface area contributed by atoms with Crippen LogP contribution in [0.3, 0.4) is 0 Å². The second kappa shape index (κ2) is 10.7. The van der Waals surface area contributed by atoms with E-state index in [-0.39, 0.29) is 30.7 Å². The molecule has 36 heavy (non-hydrogen) atoms. The summed E-state index contributed by atoms with van der Waals surface area (Å²) in [6.07, 6.45) is 6.53. The summed E-state index contributed by atoms with van der Waals surface area (Å²) in [6.45, 7) is 5.02. The molecule has 5 rings (SSSR count). The number of halogens is 1. The van der Waals surface area contributed by atoms with Gasteiger partial charge in [-0.15, -0.1) is 0 Å². The quantitative estimate of drug-likeness (QED) is 0.478. The van der Waals surface area contributed by atoms with Crippen molar-refractivity contribution in [3.05, 3.63) is 42.2 Å². The Morgan fingerprint density at radius 3 is 2.53 bits per heavy atom. The number of aromatic nitrogens is 4. The van der Waals surface area contributed by atoms with Crippen molar-refractivity contribution in [2.75, 3.05) is 37.7 Å². The van der Waals surface area contributed by atoms with Crippen LogP contribution >= 0.6 is 11.8 Å². The normalized spacial score (nSPS) is 19.1. The minimum Gasteiger partial charge on any atom is -0.368 e. The van der Waals surface area contributed by atoms with Crippen LogP contribution in [0.25, 0.3) is 11.0 Å². The van der Waals surface area contributed by atoms with Crippen molar-refractivity contribution in [1.82, 2.24) is 29.3 Å². The van der Waals surface area contributed by atoms with Crippen LogP contribution in [-0.4, -0.2) is 72.8 Å². The molecule has 192 valence electrons. The summed E-state index contributed by atoms with van der Waals surface area (Å²) in [5.74, 6) is 0.923. The number of likely N-dealkylation sites (tertiary alicyclic amines) is 2. The molecule has 0 bridgehead atoms. The number of piperidine rings is 2. The summed E-state index contributed by atoms with van der Waals surface area (Å²) in [7, 11) is 0. The van der Waals surface area contributed by atoms with E-state index >= 15 is 4.39 Å². The molecule has 0 spiro atoms. The van der Waals surface area contributed by atoms with Gasteiger partial charge in [-0.2, -0.15) is 0 Å². The maximum absolute atomic E-state index is 15.8. The molecule has 1 amide bonds. The average molecular weight is 512 g/mol. The molecule has 2 saturated heterocycles. The first-order valence-electron chi connectivity index (χ1n) is 12.8. The van der Waals surface area contributed by atoms with Gasteiger partial charge >= 0.3 is 0 Å². The van der Waals surface area contributed by atoms with E-state index in [9.17, 15) is 4.79 Å². The third-order valence-corrected chi connectivity index (χ3v) is 8.44. The van der Waals surface area contributed by atoms with Crippen molar-refractivity contribution in [1.29, 1.82) is 0 Å². The van der Waals surface area contributed by atoms with Gasteiger partial charge in [-0.25, -0.2) is 19.3 Å². The standard InChI is InChI=1S/C26H34FN7OS/c1-2-15-36-25-31-21-5-3-4-6-22(21)34(25)20-7-11-33(12-8-20)23(35)26(27)9-13-32(14-10-26)18-19-16-29-24(28)30-17-19/h3-6,16-17,20H,2,7-15,18H2,1H3,(H2,28,29,30). The van der Waals surface area contributed by atoms with Crippen LogP contribution < -0.4 is 5.73 Å². The predicted molar refractivity (Wildman–Crippen MR) is 140 cm³/mol. The van der Waals surface area contributed by atoms with Gasteiger partial charge < -0.3 is 15.2 Å². The van der Waals surface area contributed by atoms with Crippen LogP contribution in [0.2, 0.25) is 0 Å². The number of benzene rings is 1. The average Bonchev–Trinajstić information content (AvgIpc) is 3.28. The molecule has 1 aromatic carbocycles. The fourth-order valence-electron chi connectivity index (χ4n) is 5.26. The van der Waals surface area contributed by atoms with Crippen molar-refractivity contribution in [2.24, 2.45) is 0 Å². The molecule has 2 fully saturated rings. The third-order valence-electron chi connectivity index (χ3n) is 7.28. The fourth-order valence-corrected chi connectivity index (χ4v) is 6.20. The summed E-state index contributed by atoms with van der Waals surface area (Å²) in [5.41, 5.74) is 6.85. The zero-order valence-corrected chi connectivity index (χ0v) is 21.6. The Balaban J connectivity index is 1.19. The Morgan fingerprint density at radius 1 is 1.14 bits per heavy atom. The summed E-state index contributed by atoms with van der Waals surface area (Å²) in [5, 5.41) is 1.05. The van der Waals surface area contributed by atoms with Gasteiger partial charge in [-0.05, 0) is 31.4 Å². The lowest BCUT2D eigenvalue weighted by Crippen LogP contribution is -2.53. The number of imidazole rings is 1. The molecule has 3 aromatic rings. The number of carbonyl (C=O) groups excluding carboxylic acids is 1. The van der Waals surface area contributed by atoms with E-state index in [0.29, 0.717) is 32.7 Å². The number of amides is 1. The second-order valence-corrected chi connectivity index (χ2v) is 10.9. The summed E-state index contributed by atoms with van der Waals surface area (Å²) < 4.78 is 18.2. The van der Waals surface area contributed by atoms with Crippen molar-refractivity contribution < 1.29 is 9.18 Å². The van der Waals surface area contributed by atoms with Gasteiger partial charge in [-0.3, -0.25) is 9.69 Å². The third kappa shape index (κ3) is 5.20. The van der Waals surface area contributed by atoms with Crippen LogP contribution in [0.1, 0.15) is 50.6 Å². The number of hydrogen-bond acceptors (Lipinski definition) is 7. The van der Waals surface area contributed by atoms with Crippen molar-refractivity contribution in [2.45, 2.75) is 62.4 Å². The monoisotopic (exact) mass is 511 g/mol. The molecule has 0 unspecified atom stereocenters. The Hall–Kier alpha value is -2.72. The zero-order valence-electron chi connectivity index (χ0n) is 20.8. The summed E-state index contributed by atoms with van der Waals surface area (Å²) in [4.78, 5) is 30.1. The number of nitrogens with two attached hydrogens (primary N) is 1. The first-order chi connectivity index (χ1) is 17.5. The SMILES string of the molecule is CCCSc1nc2ccccc2n1C1CCN(C(=O)C2(F)CCN(Cc3cnc(N)nc3)CC2)CC1. The van der Waals surface area contributed by atoms with Crippen molar-refractivity contribution >= 4 is 34.7 Å². The highest BCUT2D eigenvalue weighted by molar-refractivity contribution is 7.99. The minimum absolute atomic E-state index is 0.214. The first-order valence-corrected chi connectivity index (χ1v) is 13.8. The molecule has 0 aliphatic carbocycles. The van der Waals surface area contributed by atoms with Gasteiger partial charge in [0.15, 0.2) is 10.8 Å². The van der Waals surface area contributed by atoms with E-state index in [4.69, 9.17) is 10.7 Å². The maximum atomic E-state index is 15.8. The number of thioether (sulfide) groups is 1. The van der Waals surface area contributed by atoms with E-state index in [1.54, 1.807) is 29.1 Å². The number of fused-ring (bicyclic) bond motifs is 1. The summed E-state index contributed by atoms with van der Waals surface area (Å²) >= 11 is 1.79. The van der Waals surface area contributed by atoms with Crippen molar-refractivity contribution in [3.8, 4) is 0 Å². The number of hydrogen-bond donors (Lipinski definition) is 1. The Labute approximate surface area is 215 Å². The highest BCUT2D eigenvalue weighted by atomic mass is 32.2. The topological polar surface area (TPSA) is 93.2 Å². The van der Waals surface area contributed by atoms with Gasteiger partial charge in [0, 0.05) is 75.3 Å². The number of anilines is 1. The number of nitrogen functional groups attached to an aromatic ring is 1. The Kier molecular flexibility index (Phi) is 7.43. The number of para-hydroxylation sites is 2. The van der Waals surface area contributed by atoms with E-state index in [2.05, 4.69) is 38.5 Å². The van der Waals surface area contributed by atoms with Crippen LogP contribution in [0.15, 0.2) is 41.8 Å². The van der Waals surface area contributed by atoms with E-state index in [1.807, 2.05) is 12.1 Å². The molecule has 4 heterocycles. The number of carbonyl (C=O) groups is 1. The lowest BCUT2D eigenvalue weighted by Gasteiger charge is -2.40. The Bertz CT molecular complexity index is 1180. The molecule has 0 radical (unpaired) electrons. The summed E-state index contributed by atoms with van der Waals surface area (Å²) in [6, 6.07) is 8.51. The van der Waals surface area contributed by atoms with Crippen LogP contribution in [0.4, 0.5) is 10.3 Å². The molecule has 0 saturated carbocycles. The smallest absolute Gasteiger partial charge is 0.260 e. The largest absolute Gasteiger partial charge is 0.368 e. The fraction of sp³-hybridized carbons (Fsp3) is 0.538. The van der Waals surface area contributed by atoms with Gasteiger partial charge in [0.05, 0.1) is 11.0 Å². The molecular weight excluding hydrogens is 477 g/mol. The highest BCUT2D eigenvalue weighted by Gasteiger charge is 2.45. The molecule has 2 aromatic heterocycles. The van der Waals surface area contributed by atoms with Gasteiger partial charge in [0.25, 0.3) is 5.91 Å². The number of alkyl halides is 1. The molecule has 8 nitrogen and oxygen atoms in total. The zero-order chi connectivity index (χ0) is 25.1. The van der Waals surface area contributed by atoms with E-state index in [0.717, 1.165) is 46.8 Å². The minimum atomic E-state index is -1.79. The van der Waals surface area contributed by atoms with Gasteiger partial charge in [-0.1, -0.05) is 30.8 Å². The number of nitrogens with zero attached hydrogens (tertiary/aromatic N) is 6. The van der Waals surface area contributed by atoms with Crippen LogP contribution in [-0.2, 0) is 11.3 Å². The molecule has 2 aliphatic rings. The predicted octanol–water partition coefficient (Wildman–Crippen LogP) is 4.08. The maximum Gasteiger partial charge on any atom is 0.260 e. The highest BCUT2D eigenvalue weighted by Crippen LogP contribution is 2.35. The molecule has 2 aliphatic heterocycles. The Morgan fingerprint density at radius 2 is 1.83 bits per heavy atom. The van der Waals surface area contributed by atoms with E-state index in [1.165, 1.54) is 0 Å². The van der Waals surface area contributed by atoms with Gasteiger partial charge in [0.2, 0.25) is 5.95 Å². The molecule has 2 N–H and O–H groups in total. The van der Waals surface area contributed by atoms with Crippen molar-refractivity contribution in [3.63, 3.8) is 0 Å².